The van der Waals surface area contributed by atoms with E-state index in [0.29, 0.717) is 0 Å². The smallest absolute Gasteiger partial charge is 0.0146 e. The highest BCUT2D eigenvalue weighted by molar-refractivity contribution is 5.37. The second-order valence-corrected chi connectivity index (χ2v) is 3.04. The Morgan fingerprint density at radius 1 is 1.18 bits per heavy atom. The summed E-state index contributed by atoms with van der Waals surface area (Å²) in [5, 5.41) is 0. The summed E-state index contributed by atoms with van der Waals surface area (Å²) in [4.78, 5) is 0. The lowest BCUT2D eigenvalue weighted by molar-refractivity contribution is 1.08. The van der Waals surface area contributed by atoms with Crippen LogP contribution in [0.1, 0.15) is 29.2 Å². The van der Waals surface area contributed by atoms with Gasteiger partial charge >= 0.3 is 0 Å². The summed E-state index contributed by atoms with van der Waals surface area (Å²) in [6.07, 6.45) is 1.11. The molecular formula is C11H15. The molecule has 0 bridgehead atoms. The number of aryl methyl sites for hydroxylation is 2. The van der Waals surface area contributed by atoms with E-state index in [-0.39, 0.29) is 0 Å². The molecular weight excluding hydrogens is 132 g/mol. The number of hydrogen-bond acceptors (Lipinski definition) is 0. The Morgan fingerprint density at radius 2 is 1.82 bits per heavy atom. The maximum atomic E-state index is 3.26. The van der Waals surface area contributed by atoms with E-state index in [1.807, 2.05) is 0 Å². The van der Waals surface area contributed by atoms with Crippen molar-refractivity contribution >= 4 is 0 Å². The average Bonchev–Trinajstić information content (AvgIpc) is 2.01. The van der Waals surface area contributed by atoms with Crippen molar-refractivity contribution in [2.45, 2.75) is 34.1 Å². The third kappa shape index (κ3) is 1.45. The maximum Gasteiger partial charge on any atom is -0.0146 e. The maximum absolute atomic E-state index is 3.26. The van der Waals surface area contributed by atoms with E-state index in [9.17, 15) is 0 Å². The summed E-state index contributed by atoms with van der Waals surface area (Å²) >= 11 is 0. The fourth-order valence-electron chi connectivity index (χ4n) is 1.30. The fourth-order valence-corrected chi connectivity index (χ4v) is 1.30. The van der Waals surface area contributed by atoms with Crippen molar-refractivity contribution in [3.8, 4) is 0 Å². The Balaban J connectivity index is 3.25. The summed E-state index contributed by atoms with van der Waals surface area (Å²) in [5.41, 5.74) is 5.53. The summed E-state index contributed by atoms with van der Waals surface area (Å²) in [6.45, 7) is 8.65. The lowest BCUT2D eigenvalue weighted by Crippen LogP contribution is -1.92. The van der Waals surface area contributed by atoms with Gasteiger partial charge in [-0.1, -0.05) is 13.0 Å². The van der Waals surface area contributed by atoms with Gasteiger partial charge < -0.3 is 0 Å². The zero-order valence-corrected chi connectivity index (χ0v) is 7.78. The van der Waals surface area contributed by atoms with Gasteiger partial charge in [0.2, 0.25) is 0 Å². The van der Waals surface area contributed by atoms with Gasteiger partial charge in [0.15, 0.2) is 0 Å². The molecule has 0 aliphatic rings. The summed E-state index contributed by atoms with van der Waals surface area (Å²) < 4.78 is 0. The van der Waals surface area contributed by atoms with Crippen molar-refractivity contribution in [1.82, 2.24) is 0 Å². The first-order valence-corrected chi connectivity index (χ1v) is 4.14. The van der Waals surface area contributed by atoms with Crippen LogP contribution >= 0.6 is 0 Å². The molecule has 0 spiro atoms. The Kier molecular flexibility index (Phi) is 2.33. The van der Waals surface area contributed by atoms with Gasteiger partial charge in [-0.25, -0.2) is 0 Å². The van der Waals surface area contributed by atoms with E-state index < -0.39 is 0 Å². The minimum atomic E-state index is 1.11. The second kappa shape index (κ2) is 3.08. The van der Waals surface area contributed by atoms with Crippen LogP contribution in [-0.2, 0) is 6.42 Å². The third-order valence-corrected chi connectivity index (χ3v) is 2.45. The van der Waals surface area contributed by atoms with E-state index in [0.717, 1.165) is 6.42 Å². The first kappa shape index (κ1) is 8.32. The standard InChI is InChI=1S/C11H15/c1-5-11-7-6-8(2)9(3)10(11)4/h7H,5H2,1-4H3. The molecule has 1 rings (SSSR count). The van der Waals surface area contributed by atoms with Crippen LogP contribution in [0.2, 0.25) is 0 Å². The van der Waals surface area contributed by atoms with Crippen LogP contribution in [0.15, 0.2) is 6.07 Å². The number of hydrogen-bond donors (Lipinski definition) is 0. The Hall–Kier alpha value is -0.780. The predicted molar refractivity (Wildman–Crippen MR) is 48.9 cm³/mol. The van der Waals surface area contributed by atoms with Gasteiger partial charge in [-0.2, -0.15) is 0 Å². The lowest BCUT2D eigenvalue weighted by Gasteiger charge is -2.08. The van der Waals surface area contributed by atoms with E-state index in [1.54, 1.807) is 0 Å². The molecule has 11 heavy (non-hydrogen) atoms. The molecule has 0 heterocycles. The SMILES string of the molecule is CCc1c[c]c(C)c(C)c1C. The van der Waals surface area contributed by atoms with Crippen LogP contribution in [0.4, 0.5) is 0 Å². The molecule has 0 saturated carbocycles. The molecule has 0 unspecified atom stereocenters. The van der Waals surface area contributed by atoms with Crippen LogP contribution in [-0.4, -0.2) is 0 Å². The molecule has 0 aliphatic heterocycles. The van der Waals surface area contributed by atoms with E-state index in [2.05, 4.69) is 39.8 Å². The van der Waals surface area contributed by atoms with Gasteiger partial charge in [0.1, 0.15) is 0 Å². The minimum absolute atomic E-state index is 1.11. The molecule has 0 atom stereocenters. The highest BCUT2D eigenvalue weighted by Crippen LogP contribution is 2.16. The molecule has 1 aromatic carbocycles. The average molecular weight is 147 g/mol. The van der Waals surface area contributed by atoms with E-state index in [4.69, 9.17) is 0 Å². The number of rotatable bonds is 1. The first-order valence-electron chi connectivity index (χ1n) is 4.14. The highest BCUT2D eigenvalue weighted by Gasteiger charge is 2.00. The predicted octanol–water partition coefficient (Wildman–Crippen LogP) is 2.97. The minimum Gasteiger partial charge on any atom is -0.0613 e. The normalized spacial score (nSPS) is 10.2. The Morgan fingerprint density at radius 3 is 2.36 bits per heavy atom. The van der Waals surface area contributed by atoms with Gasteiger partial charge in [0.05, 0.1) is 0 Å². The van der Waals surface area contributed by atoms with Crippen molar-refractivity contribution in [2.24, 2.45) is 0 Å². The van der Waals surface area contributed by atoms with Crippen LogP contribution in [0, 0.1) is 26.8 Å². The zero-order chi connectivity index (χ0) is 8.43. The molecule has 1 aromatic rings. The molecule has 0 saturated heterocycles. The first-order chi connectivity index (χ1) is 5.16. The van der Waals surface area contributed by atoms with E-state index in [1.165, 1.54) is 22.3 Å². The Labute approximate surface area is 69.3 Å². The van der Waals surface area contributed by atoms with Gasteiger partial charge in [-0.15, -0.1) is 0 Å². The van der Waals surface area contributed by atoms with Gasteiger partial charge in [-0.05, 0) is 55.5 Å². The molecule has 59 valence electrons. The van der Waals surface area contributed by atoms with E-state index >= 15 is 0 Å². The van der Waals surface area contributed by atoms with Crippen molar-refractivity contribution in [3.63, 3.8) is 0 Å². The molecule has 0 N–H and O–H groups in total. The van der Waals surface area contributed by atoms with Crippen LogP contribution in [0.5, 0.6) is 0 Å². The van der Waals surface area contributed by atoms with Gasteiger partial charge in [-0.3, -0.25) is 0 Å². The van der Waals surface area contributed by atoms with Crippen LogP contribution in [0.25, 0.3) is 0 Å². The summed E-state index contributed by atoms with van der Waals surface area (Å²) in [6, 6.07) is 5.37. The molecule has 0 fully saturated rings. The van der Waals surface area contributed by atoms with Crippen molar-refractivity contribution in [1.29, 1.82) is 0 Å². The molecule has 0 aliphatic carbocycles. The van der Waals surface area contributed by atoms with Crippen LogP contribution in [0.3, 0.4) is 0 Å². The molecule has 0 nitrogen and oxygen atoms in total. The van der Waals surface area contributed by atoms with Crippen molar-refractivity contribution in [2.75, 3.05) is 0 Å². The highest BCUT2D eigenvalue weighted by atomic mass is 14.1. The second-order valence-electron chi connectivity index (χ2n) is 3.04. The quantitative estimate of drug-likeness (QED) is 0.573. The van der Waals surface area contributed by atoms with Gasteiger partial charge in [0, 0.05) is 0 Å². The number of benzene rings is 1. The van der Waals surface area contributed by atoms with Gasteiger partial charge in [0.25, 0.3) is 0 Å². The van der Waals surface area contributed by atoms with Crippen molar-refractivity contribution < 1.29 is 0 Å². The lowest BCUT2D eigenvalue weighted by atomic mass is 9.98. The van der Waals surface area contributed by atoms with Crippen molar-refractivity contribution in [3.05, 3.63) is 34.4 Å². The topological polar surface area (TPSA) is 0 Å². The molecule has 0 amide bonds. The molecule has 0 aromatic heterocycles. The third-order valence-electron chi connectivity index (χ3n) is 2.45. The summed E-state index contributed by atoms with van der Waals surface area (Å²) in [7, 11) is 0. The summed E-state index contributed by atoms with van der Waals surface area (Å²) in [5.74, 6) is 0. The monoisotopic (exact) mass is 147 g/mol. The largest absolute Gasteiger partial charge is 0.0613 e. The molecule has 0 heteroatoms. The fraction of sp³-hybridized carbons (Fsp3) is 0.455. The zero-order valence-electron chi connectivity index (χ0n) is 7.78. The Bertz CT molecular complexity index is 259. The molecule has 1 radical (unpaired) electrons. The van der Waals surface area contributed by atoms with Crippen LogP contribution < -0.4 is 0 Å².